The van der Waals surface area contributed by atoms with Gasteiger partial charge in [0.25, 0.3) is 5.91 Å². The molecule has 0 bridgehead atoms. The number of piperidine rings is 1. The van der Waals surface area contributed by atoms with E-state index in [1.807, 2.05) is 6.92 Å². The topological polar surface area (TPSA) is 59.2 Å². The maximum atomic E-state index is 12.9. The largest absolute Gasteiger partial charge is 0.433 e. The number of aromatic nitrogens is 1. The SMILES string of the molecule is Cc1c(C(=O)N2CCCC(C(C)N)C2)sc2nc(C(F)(F)F)ccc12. The summed E-state index contributed by atoms with van der Waals surface area (Å²) in [5, 5.41) is 0.599. The summed E-state index contributed by atoms with van der Waals surface area (Å²) in [6.45, 7) is 4.93. The van der Waals surface area contributed by atoms with Crippen LogP contribution in [0.1, 0.15) is 40.7 Å². The number of nitrogens with zero attached hydrogens (tertiary/aromatic N) is 2. The predicted octanol–water partition coefficient (Wildman–Crippen LogP) is 3.82. The molecular formula is C17H20F3N3OS. The molecule has 2 unspecified atom stereocenters. The number of nitrogens with two attached hydrogens (primary N) is 1. The molecule has 25 heavy (non-hydrogen) atoms. The number of carbonyl (C=O) groups excluding carboxylic acids is 1. The van der Waals surface area contributed by atoms with Crippen molar-refractivity contribution < 1.29 is 18.0 Å². The summed E-state index contributed by atoms with van der Waals surface area (Å²) in [4.78, 5) is 19.1. The molecule has 0 spiro atoms. The van der Waals surface area contributed by atoms with Crippen LogP contribution in [0.5, 0.6) is 0 Å². The lowest BCUT2D eigenvalue weighted by atomic mass is 9.92. The van der Waals surface area contributed by atoms with Crippen molar-refractivity contribution in [1.82, 2.24) is 9.88 Å². The van der Waals surface area contributed by atoms with Gasteiger partial charge < -0.3 is 10.6 Å². The molecular weight excluding hydrogens is 351 g/mol. The number of thiophene rings is 1. The quantitative estimate of drug-likeness (QED) is 0.873. The Labute approximate surface area is 147 Å². The first-order valence-corrected chi connectivity index (χ1v) is 9.02. The number of aryl methyl sites for hydroxylation is 1. The minimum absolute atomic E-state index is 0.00937. The van der Waals surface area contributed by atoms with Crippen LogP contribution in [0.2, 0.25) is 0 Å². The summed E-state index contributed by atoms with van der Waals surface area (Å²) in [6.07, 6.45) is -2.62. The Morgan fingerprint density at radius 1 is 1.44 bits per heavy atom. The number of likely N-dealkylation sites (tertiary alicyclic amines) is 1. The number of rotatable bonds is 2. The van der Waals surface area contributed by atoms with E-state index in [0.717, 1.165) is 30.2 Å². The molecule has 1 fully saturated rings. The van der Waals surface area contributed by atoms with E-state index in [4.69, 9.17) is 5.73 Å². The van der Waals surface area contributed by atoms with Crippen molar-refractivity contribution in [3.63, 3.8) is 0 Å². The van der Waals surface area contributed by atoms with Crippen LogP contribution >= 0.6 is 11.3 Å². The third-order valence-corrected chi connectivity index (χ3v) is 5.97. The van der Waals surface area contributed by atoms with Crippen LogP contribution in [0, 0.1) is 12.8 Å². The fourth-order valence-corrected chi connectivity index (χ4v) is 4.38. The predicted molar refractivity (Wildman–Crippen MR) is 91.6 cm³/mol. The molecule has 1 aliphatic heterocycles. The number of halogens is 3. The van der Waals surface area contributed by atoms with Crippen molar-refractivity contribution in [2.75, 3.05) is 13.1 Å². The molecule has 3 rings (SSSR count). The van der Waals surface area contributed by atoms with Gasteiger partial charge in [0.2, 0.25) is 0 Å². The Balaban J connectivity index is 1.92. The van der Waals surface area contributed by atoms with Gasteiger partial charge in [0.1, 0.15) is 10.5 Å². The molecule has 136 valence electrons. The molecule has 0 saturated carbocycles. The molecule has 2 atom stereocenters. The Morgan fingerprint density at radius 2 is 2.16 bits per heavy atom. The van der Waals surface area contributed by atoms with E-state index in [1.165, 1.54) is 6.07 Å². The molecule has 4 nitrogen and oxygen atoms in total. The van der Waals surface area contributed by atoms with Crippen molar-refractivity contribution in [2.24, 2.45) is 11.7 Å². The van der Waals surface area contributed by atoms with Crippen LogP contribution in [0.25, 0.3) is 10.2 Å². The highest BCUT2D eigenvalue weighted by molar-refractivity contribution is 7.20. The number of hydrogen-bond donors (Lipinski definition) is 1. The summed E-state index contributed by atoms with van der Waals surface area (Å²) >= 11 is 1.03. The standard InChI is InChI=1S/C17H20F3N3OS/c1-9-12-5-6-13(17(18,19)20)22-15(12)25-14(9)16(24)23-7-3-4-11(8-23)10(2)21/h5-6,10-11H,3-4,7-8,21H2,1-2H3. The van der Waals surface area contributed by atoms with Crippen molar-refractivity contribution in [3.8, 4) is 0 Å². The number of amides is 1. The lowest BCUT2D eigenvalue weighted by Crippen LogP contribution is -2.45. The molecule has 0 radical (unpaired) electrons. The maximum absolute atomic E-state index is 12.9. The van der Waals surface area contributed by atoms with Gasteiger partial charge in [0, 0.05) is 24.5 Å². The van der Waals surface area contributed by atoms with Crippen LogP contribution in [-0.4, -0.2) is 34.9 Å². The number of alkyl halides is 3. The van der Waals surface area contributed by atoms with Gasteiger partial charge in [0.15, 0.2) is 0 Å². The van der Waals surface area contributed by atoms with Crippen LogP contribution in [-0.2, 0) is 6.18 Å². The Morgan fingerprint density at radius 3 is 2.80 bits per heavy atom. The smallest absolute Gasteiger partial charge is 0.338 e. The summed E-state index contributed by atoms with van der Waals surface area (Å²) in [5.74, 6) is 0.113. The zero-order valence-electron chi connectivity index (χ0n) is 14.1. The number of hydrogen-bond acceptors (Lipinski definition) is 4. The van der Waals surface area contributed by atoms with E-state index in [9.17, 15) is 18.0 Å². The molecule has 1 amide bonds. The van der Waals surface area contributed by atoms with E-state index >= 15 is 0 Å². The molecule has 1 saturated heterocycles. The third-order valence-electron chi connectivity index (χ3n) is 4.78. The summed E-state index contributed by atoms with van der Waals surface area (Å²) in [6, 6.07) is 2.37. The van der Waals surface area contributed by atoms with Gasteiger partial charge in [-0.1, -0.05) is 0 Å². The van der Waals surface area contributed by atoms with Gasteiger partial charge in [-0.2, -0.15) is 13.2 Å². The molecule has 0 aromatic carbocycles. The lowest BCUT2D eigenvalue weighted by Gasteiger charge is -2.34. The normalized spacial score (nSPS) is 20.1. The minimum Gasteiger partial charge on any atom is -0.338 e. The van der Waals surface area contributed by atoms with Crippen LogP contribution in [0.15, 0.2) is 12.1 Å². The van der Waals surface area contributed by atoms with E-state index in [2.05, 4.69) is 4.98 Å². The molecule has 8 heteroatoms. The Hall–Kier alpha value is -1.67. The van der Waals surface area contributed by atoms with Crippen molar-refractivity contribution >= 4 is 27.5 Å². The van der Waals surface area contributed by atoms with Gasteiger partial charge in [0.05, 0.1) is 4.88 Å². The first-order valence-electron chi connectivity index (χ1n) is 8.20. The molecule has 2 aromatic heterocycles. The van der Waals surface area contributed by atoms with Gasteiger partial charge in [-0.25, -0.2) is 4.98 Å². The van der Waals surface area contributed by atoms with Gasteiger partial charge in [-0.3, -0.25) is 4.79 Å². The first kappa shape index (κ1) is 18.1. The average molecular weight is 371 g/mol. The summed E-state index contributed by atoms with van der Waals surface area (Å²) in [7, 11) is 0. The monoisotopic (exact) mass is 371 g/mol. The Kier molecular flexibility index (Phi) is 4.76. The highest BCUT2D eigenvalue weighted by Gasteiger charge is 2.33. The lowest BCUT2D eigenvalue weighted by molar-refractivity contribution is -0.140. The zero-order valence-corrected chi connectivity index (χ0v) is 14.9. The summed E-state index contributed by atoms with van der Waals surface area (Å²) < 4.78 is 38.5. The van der Waals surface area contributed by atoms with Gasteiger partial charge in [-0.05, 0) is 50.3 Å². The highest BCUT2D eigenvalue weighted by Crippen LogP contribution is 2.35. The van der Waals surface area contributed by atoms with Crippen LogP contribution < -0.4 is 5.73 Å². The Bertz CT molecular complexity index is 800. The van der Waals surface area contributed by atoms with Crippen LogP contribution in [0.4, 0.5) is 13.2 Å². The third kappa shape index (κ3) is 3.50. The number of carbonyl (C=O) groups is 1. The highest BCUT2D eigenvalue weighted by atomic mass is 32.1. The van der Waals surface area contributed by atoms with Gasteiger partial charge in [-0.15, -0.1) is 11.3 Å². The number of fused-ring (bicyclic) bond motifs is 1. The second-order valence-corrected chi connectivity index (χ2v) is 7.61. The molecule has 1 aliphatic rings. The van der Waals surface area contributed by atoms with E-state index in [0.29, 0.717) is 28.9 Å². The average Bonchev–Trinajstić information content (AvgIpc) is 2.90. The fraction of sp³-hybridized carbons (Fsp3) is 0.529. The second-order valence-electron chi connectivity index (χ2n) is 6.62. The minimum atomic E-state index is -4.49. The zero-order chi connectivity index (χ0) is 18.4. The first-order chi connectivity index (χ1) is 11.7. The number of pyridine rings is 1. The second kappa shape index (κ2) is 6.57. The maximum Gasteiger partial charge on any atom is 0.433 e. The molecule has 0 aliphatic carbocycles. The molecule has 3 heterocycles. The van der Waals surface area contributed by atoms with Gasteiger partial charge >= 0.3 is 6.18 Å². The van der Waals surface area contributed by atoms with E-state index in [-0.39, 0.29) is 22.7 Å². The molecule has 2 N–H and O–H groups in total. The van der Waals surface area contributed by atoms with Crippen molar-refractivity contribution in [1.29, 1.82) is 0 Å². The fourth-order valence-electron chi connectivity index (χ4n) is 3.23. The summed E-state index contributed by atoms with van der Waals surface area (Å²) in [5.41, 5.74) is 5.72. The van der Waals surface area contributed by atoms with Crippen molar-refractivity contribution in [2.45, 2.75) is 38.9 Å². The molecule has 2 aromatic rings. The van der Waals surface area contributed by atoms with Crippen molar-refractivity contribution in [3.05, 3.63) is 28.3 Å². The van der Waals surface area contributed by atoms with E-state index < -0.39 is 11.9 Å². The van der Waals surface area contributed by atoms with Crippen LogP contribution in [0.3, 0.4) is 0 Å². The van der Waals surface area contributed by atoms with E-state index in [1.54, 1.807) is 11.8 Å².